The minimum atomic E-state index is -2.30. The standard InChI is InChI=1S/2C22H44O2.Hg/c2*1-2-3-4-5-6-7-8-9-10-11-12-13-14-15-16-17-18-19-20-21-22(23)24;/h2*2-21H2,1H3,(H,23,24);/q;;+2/p-2. The molecule has 0 fully saturated rings. The third-order valence-corrected chi connectivity index (χ3v) is 13.8. The first kappa shape index (κ1) is 48.9. The zero-order valence-corrected chi connectivity index (χ0v) is 39.1. The molecule has 4 nitrogen and oxygen atoms in total. The number of rotatable bonds is 42. The van der Waals surface area contributed by atoms with Crippen LogP contribution in [0.5, 0.6) is 0 Å². The molecular weight excluding hydrogens is 793 g/mol. The van der Waals surface area contributed by atoms with Gasteiger partial charge in [0.25, 0.3) is 0 Å². The Labute approximate surface area is 321 Å². The quantitative estimate of drug-likeness (QED) is 0.0453. The predicted octanol–water partition coefficient (Wildman–Crippen LogP) is 15.6. The van der Waals surface area contributed by atoms with Gasteiger partial charge in [-0.05, 0) is 0 Å². The maximum atomic E-state index is 12.0. The molecule has 49 heavy (non-hydrogen) atoms. The fourth-order valence-electron chi connectivity index (χ4n) is 7.00. The first-order chi connectivity index (χ1) is 24.2. The van der Waals surface area contributed by atoms with Crippen LogP contribution in [-0.2, 0) is 40.4 Å². The van der Waals surface area contributed by atoms with Crippen LogP contribution in [0.2, 0.25) is 0 Å². The Morgan fingerprint density at radius 1 is 0.286 bits per heavy atom. The van der Waals surface area contributed by atoms with Crippen molar-refractivity contribution in [3.8, 4) is 0 Å². The molecule has 0 heterocycles. The molecule has 0 aliphatic carbocycles. The summed E-state index contributed by atoms with van der Waals surface area (Å²) in [7, 11) is 0. The Kier molecular flexibility index (Phi) is 43.9. The third kappa shape index (κ3) is 44.0. The van der Waals surface area contributed by atoms with E-state index in [9.17, 15) is 9.59 Å². The van der Waals surface area contributed by atoms with Crippen molar-refractivity contribution in [2.24, 2.45) is 0 Å². The summed E-state index contributed by atoms with van der Waals surface area (Å²) in [6.45, 7) is 4.58. The van der Waals surface area contributed by atoms with E-state index in [1.807, 2.05) is 0 Å². The SMILES string of the molecule is CCCCCCCCCCCCCCCCCCCCCC(=O)[O][Hg][O]C(=O)CCCCCCCCCCCCCCCCCCCCC. The molecule has 0 spiro atoms. The topological polar surface area (TPSA) is 52.6 Å². The van der Waals surface area contributed by atoms with E-state index in [2.05, 4.69) is 13.8 Å². The van der Waals surface area contributed by atoms with Gasteiger partial charge >= 0.3 is 181 Å². The molecule has 0 bridgehead atoms. The monoisotopic (exact) mass is 881 g/mol. The molecule has 0 N–H and O–H groups in total. The summed E-state index contributed by atoms with van der Waals surface area (Å²) in [5, 5.41) is 0. The van der Waals surface area contributed by atoms with Crippen LogP contribution in [0.3, 0.4) is 0 Å². The summed E-state index contributed by atoms with van der Waals surface area (Å²) in [4.78, 5) is 24.0. The van der Waals surface area contributed by atoms with Crippen LogP contribution >= 0.6 is 0 Å². The second-order valence-electron chi connectivity index (χ2n) is 15.4. The van der Waals surface area contributed by atoms with Gasteiger partial charge in [0.2, 0.25) is 0 Å². The van der Waals surface area contributed by atoms with Gasteiger partial charge in [-0.3, -0.25) is 0 Å². The van der Waals surface area contributed by atoms with Gasteiger partial charge in [-0.25, -0.2) is 0 Å². The molecule has 288 valence electrons. The molecule has 0 aliphatic heterocycles. The van der Waals surface area contributed by atoms with Crippen LogP contribution in [0.15, 0.2) is 0 Å². The molecule has 0 atom stereocenters. The minimum Gasteiger partial charge on any atom is -0.0654 e. The molecular formula is C44H86HgO4. The summed E-state index contributed by atoms with van der Waals surface area (Å²) in [6.07, 6.45) is 52.3. The van der Waals surface area contributed by atoms with Gasteiger partial charge in [-0.2, -0.15) is 0 Å². The molecule has 0 saturated heterocycles. The molecule has 0 saturated carbocycles. The first-order valence-corrected chi connectivity index (χ1v) is 27.0. The van der Waals surface area contributed by atoms with Gasteiger partial charge < -0.3 is 0 Å². The second-order valence-corrected chi connectivity index (χ2v) is 18.5. The summed E-state index contributed by atoms with van der Waals surface area (Å²) in [5.74, 6) is -0.296. The Hall–Kier alpha value is -0.125. The normalized spacial score (nSPS) is 11.1. The van der Waals surface area contributed by atoms with Crippen LogP contribution in [0.1, 0.15) is 271 Å². The van der Waals surface area contributed by atoms with Gasteiger partial charge in [-0.1, -0.05) is 142 Å². The zero-order valence-electron chi connectivity index (χ0n) is 33.6. The van der Waals surface area contributed by atoms with Crippen molar-refractivity contribution >= 4 is 11.9 Å². The molecule has 0 radical (unpaired) electrons. The van der Waals surface area contributed by atoms with E-state index in [0.717, 1.165) is 25.7 Å². The average molecular weight is 880 g/mol. The number of unbranched alkanes of at least 4 members (excludes halogenated alkanes) is 36. The summed E-state index contributed by atoms with van der Waals surface area (Å²) < 4.78 is 10.7. The van der Waals surface area contributed by atoms with Crippen molar-refractivity contribution < 1.29 is 40.4 Å². The Morgan fingerprint density at radius 3 is 0.633 bits per heavy atom. The fourth-order valence-corrected chi connectivity index (χ4v) is 9.37. The number of carbonyl (C=O) groups is 2. The van der Waals surface area contributed by atoms with Crippen molar-refractivity contribution in [2.75, 3.05) is 0 Å². The smallest absolute Gasteiger partial charge is 0.0654 e. The van der Waals surface area contributed by atoms with E-state index in [1.165, 1.54) is 218 Å². The van der Waals surface area contributed by atoms with Crippen LogP contribution < -0.4 is 0 Å². The molecule has 0 unspecified atom stereocenters. The van der Waals surface area contributed by atoms with Crippen molar-refractivity contribution in [3.63, 3.8) is 0 Å². The zero-order chi connectivity index (χ0) is 35.6. The van der Waals surface area contributed by atoms with Gasteiger partial charge in [0, 0.05) is 0 Å². The molecule has 0 rings (SSSR count). The summed E-state index contributed by atoms with van der Waals surface area (Å²) >= 11 is -2.30. The second kappa shape index (κ2) is 44.0. The van der Waals surface area contributed by atoms with E-state index in [-0.39, 0.29) is 11.9 Å². The first-order valence-electron chi connectivity index (χ1n) is 22.5. The van der Waals surface area contributed by atoms with Crippen LogP contribution in [-0.4, -0.2) is 11.9 Å². The van der Waals surface area contributed by atoms with Crippen molar-refractivity contribution in [3.05, 3.63) is 0 Å². The van der Waals surface area contributed by atoms with Gasteiger partial charge in [0.15, 0.2) is 0 Å². The fraction of sp³-hybridized carbons (Fsp3) is 0.955. The van der Waals surface area contributed by atoms with E-state index in [1.54, 1.807) is 0 Å². The van der Waals surface area contributed by atoms with E-state index < -0.39 is 25.5 Å². The van der Waals surface area contributed by atoms with Crippen molar-refractivity contribution in [1.82, 2.24) is 0 Å². The third-order valence-electron chi connectivity index (χ3n) is 10.4. The number of hydrogen-bond donors (Lipinski definition) is 0. The Balaban J connectivity index is 3.24. The molecule has 0 aliphatic rings. The predicted molar refractivity (Wildman–Crippen MR) is 208 cm³/mol. The average Bonchev–Trinajstić information content (AvgIpc) is 3.10. The maximum absolute atomic E-state index is 12.0. The van der Waals surface area contributed by atoms with E-state index in [0.29, 0.717) is 12.8 Å². The van der Waals surface area contributed by atoms with Crippen LogP contribution in [0.25, 0.3) is 0 Å². The van der Waals surface area contributed by atoms with Gasteiger partial charge in [-0.15, -0.1) is 0 Å². The minimum absolute atomic E-state index is 0.148. The van der Waals surface area contributed by atoms with E-state index >= 15 is 0 Å². The van der Waals surface area contributed by atoms with Crippen LogP contribution in [0.4, 0.5) is 0 Å². The van der Waals surface area contributed by atoms with E-state index in [4.69, 9.17) is 5.29 Å². The molecule has 5 heteroatoms. The molecule has 0 aromatic carbocycles. The number of hydrogen-bond acceptors (Lipinski definition) is 4. The van der Waals surface area contributed by atoms with Crippen molar-refractivity contribution in [1.29, 1.82) is 0 Å². The molecule has 0 amide bonds. The van der Waals surface area contributed by atoms with Gasteiger partial charge in [0.05, 0.1) is 0 Å². The molecule has 0 aromatic heterocycles. The van der Waals surface area contributed by atoms with Crippen molar-refractivity contribution in [2.45, 2.75) is 271 Å². The Bertz CT molecular complexity index is 601. The number of carbonyl (C=O) groups excluding carboxylic acids is 2. The van der Waals surface area contributed by atoms with Gasteiger partial charge in [0.1, 0.15) is 0 Å². The molecule has 0 aromatic rings. The summed E-state index contributed by atoms with van der Waals surface area (Å²) in [5.41, 5.74) is 0. The van der Waals surface area contributed by atoms with Crippen LogP contribution in [0, 0.1) is 0 Å². The Morgan fingerprint density at radius 2 is 0.449 bits per heavy atom. The summed E-state index contributed by atoms with van der Waals surface area (Å²) in [6, 6.07) is 0.